The van der Waals surface area contributed by atoms with Gasteiger partial charge in [0.2, 0.25) is 0 Å². The number of hydrogen-bond donors (Lipinski definition) is 0. The van der Waals surface area contributed by atoms with Crippen molar-refractivity contribution < 1.29 is 0 Å². The van der Waals surface area contributed by atoms with E-state index in [1.54, 1.807) is 0 Å². The van der Waals surface area contributed by atoms with E-state index in [2.05, 4.69) is 156 Å². The first-order valence-electron chi connectivity index (χ1n) is 12.1. The van der Waals surface area contributed by atoms with E-state index in [9.17, 15) is 0 Å². The monoisotopic (exact) mass is 489 g/mol. The van der Waals surface area contributed by atoms with E-state index >= 15 is 0 Å². The van der Waals surface area contributed by atoms with Crippen molar-refractivity contribution in [2.24, 2.45) is 0 Å². The minimum atomic E-state index is -2.81. The van der Waals surface area contributed by atoms with Gasteiger partial charge in [0.25, 0.3) is 8.24 Å². The van der Waals surface area contributed by atoms with E-state index in [1.807, 2.05) is 6.33 Å². The van der Waals surface area contributed by atoms with Crippen LogP contribution >= 0.6 is 0 Å². The zero-order valence-electron chi connectivity index (χ0n) is 20.5. The Hall–Kier alpha value is -3.68. The fraction of sp³-hybridized carbons (Fsp3) is 0.100. The van der Waals surface area contributed by atoms with Crippen LogP contribution in [-0.4, -0.2) is 25.7 Å². The van der Waals surface area contributed by atoms with Crippen LogP contribution < -0.4 is 20.1 Å². The van der Waals surface area contributed by atoms with Gasteiger partial charge in [0.15, 0.2) is 8.24 Å². The summed E-state index contributed by atoms with van der Waals surface area (Å²) in [6.07, 6.45) is 4.29. The second-order valence-electron chi connectivity index (χ2n) is 9.79. The molecule has 1 aromatic heterocycles. The maximum absolute atomic E-state index is 5.06. The summed E-state index contributed by atoms with van der Waals surface area (Å²) in [7, 11) is -4.42. The highest BCUT2D eigenvalue weighted by Crippen LogP contribution is 2.31. The van der Waals surface area contributed by atoms with Crippen LogP contribution in [0.2, 0.25) is 19.6 Å². The van der Waals surface area contributed by atoms with Gasteiger partial charge in [-0.25, -0.2) is 4.98 Å². The summed E-state index contributed by atoms with van der Waals surface area (Å²) in [5, 5.41) is 3.97. The third-order valence-corrected chi connectivity index (χ3v) is 13.0. The van der Waals surface area contributed by atoms with Gasteiger partial charge < -0.3 is 8.80 Å². The quantitative estimate of drug-likeness (QED) is 0.226. The molecule has 0 spiro atoms. The molecule has 0 bridgehead atoms. The minimum absolute atomic E-state index is 0.988. The van der Waals surface area contributed by atoms with Crippen LogP contribution in [0.5, 0.6) is 0 Å². The smallest absolute Gasteiger partial charge is 0.259 e. The molecule has 0 fully saturated rings. The van der Waals surface area contributed by atoms with Gasteiger partial charge in [-0.1, -0.05) is 129 Å². The van der Waals surface area contributed by atoms with Gasteiger partial charge in [0, 0.05) is 11.9 Å². The molecule has 0 atom stereocenters. The zero-order valence-corrected chi connectivity index (χ0v) is 22.5. The maximum atomic E-state index is 5.06. The van der Waals surface area contributed by atoms with Crippen LogP contribution in [0.1, 0.15) is 0 Å². The summed E-state index contributed by atoms with van der Waals surface area (Å²) in [5.41, 5.74) is 1.15. The summed E-state index contributed by atoms with van der Waals surface area (Å²) in [6.45, 7) is 7.05. The second-order valence-corrected chi connectivity index (χ2v) is 18.2. The summed E-state index contributed by atoms with van der Waals surface area (Å²) < 4.78 is 4.89. The van der Waals surface area contributed by atoms with E-state index in [0.29, 0.717) is 0 Å². The molecule has 3 nitrogen and oxygen atoms in total. The Morgan fingerprint density at radius 3 is 1.34 bits per heavy atom. The molecule has 0 amide bonds. The van der Waals surface area contributed by atoms with Gasteiger partial charge >= 0.3 is 0 Å². The number of para-hydroxylation sites is 1. The highest BCUT2D eigenvalue weighted by atomic mass is 28.3. The van der Waals surface area contributed by atoms with Gasteiger partial charge in [-0.15, -0.1) is 0 Å². The lowest BCUT2D eigenvalue weighted by Crippen LogP contribution is -2.76. The Kier molecular flexibility index (Phi) is 6.28. The number of anilines is 2. The number of imidazole rings is 1. The van der Waals surface area contributed by atoms with E-state index in [-0.39, 0.29) is 0 Å². The van der Waals surface area contributed by atoms with Crippen LogP contribution in [0.25, 0.3) is 0 Å². The lowest BCUT2D eigenvalue weighted by Gasteiger charge is -2.43. The van der Waals surface area contributed by atoms with Crippen LogP contribution in [0.3, 0.4) is 0 Å². The van der Waals surface area contributed by atoms with Crippen LogP contribution in [-0.2, 0) is 0 Å². The van der Waals surface area contributed by atoms with Crippen molar-refractivity contribution in [3.8, 4) is 0 Å². The van der Waals surface area contributed by atoms with Crippen LogP contribution in [0.15, 0.2) is 134 Å². The molecule has 4 aromatic carbocycles. The van der Waals surface area contributed by atoms with E-state index in [4.69, 9.17) is 4.98 Å². The summed E-state index contributed by atoms with van der Waals surface area (Å²) in [4.78, 5) is 5.06. The van der Waals surface area contributed by atoms with Crippen molar-refractivity contribution >= 4 is 43.5 Å². The zero-order chi connectivity index (χ0) is 24.3. The minimum Gasteiger partial charge on any atom is -0.363 e. The molecule has 5 rings (SSSR count). The molecule has 174 valence electrons. The van der Waals surface area contributed by atoms with Gasteiger partial charge in [0.1, 0.15) is 5.82 Å². The fourth-order valence-corrected chi connectivity index (χ4v) is 10.5. The first kappa shape index (κ1) is 23.1. The molecular weight excluding hydrogens is 459 g/mol. The molecular formula is C30H31N3Si2. The Balaban J connectivity index is 1.91. The number of aromatic nitrogens is 2. The Labute approximate surface area is 210 Å². The molecule has 5 heteroatoms. The number of benzene rings is 4. The molecule has 0 aliphatic heterocycles. The third kappa shape index (κ3) is 4.29. The lowest BCUT2D eigenvalue weighted by molar-refractivity contribution is 1.12. The first-order valence-corrected chi connectivity index (χ1v) is 17.5. The normalized spacial score (nSPS) is 11.9. The average molecular weight is 490 g/mol. The number of rotatable bonds is 7. The van der Waals surface area contributed by atoms with Crippen molar-refractivity contribution in [1.29, 1.82) is 0 Å². The highest BCUT2D eigenvalue weighted by molar-refractivity contribution is 7.14. The van der Waals surface area contributed by atoms with Gasteiger partial charge in [-0.05, 0) is 27.7 Å². The average Bonchev–Trinajstić information content (AvgIpc) is 3.40. The first-order chi connectivity index (χ1) is 17.0. The molecule has 0 N–H and O–H groups in total. The molecule has 35 heavy (non-hydrogen) atoms. The molecule has 0 radical (unpaired) electrons. The number of nitrogens with zero attached hydrogens (tertiary/aromatic N) is 3. The molecule has 5 aromatic rings. The molecule has 0 saturated carbocycles. The standard InChI is InChI=1S/C30H31N3Si2/c1-34(2,3)32-24-30(31-25-32)33(26-16-8-4-9-17-26)35(27-18-10-5-11-19-27,28-20-12-6-13-21-28)29-22-14-7-15-23-29/h4-25H,1-3H3. The van der Waals surface area contributed by atoms with E-state index in [0.717, 1.165) is 11.5 Å². The van der Waals surface area contributed by atoms with Gasteiger partial charge in [-0.2, -0.15) is 0 Å². The van der Waals surface area contributed by atoms with E-state index < -0.39 is 16.5 Å². The van der Waals surface area contributed by atoms with Crippen molar-refractivity contribution in [2.75, 3.05) is 4.57 Å². The number of hydrogen-bond acceptors (Lipinski definition) is 2. The Morgan fingerprint density at radius 2 is 0.971 bits per heavy atom. The second kappa shape index (κ2) is 9.52. The van der Waals surface area contributed by atoms with Gasteiger partial charge in [-0.3, -0.25) is 0 Å². The molecule has 1 heterocycles. The Morgan fingerprint density at radius 1 is 0.571 bits per heavy atom. The largest absolute Gasteiger partial charge is 0.363 e. The lowest BCUT2D eigenvalue weighted by atomic mass is 10.3. The molecule has 0 saturated heterocycles. The van der Waals surface area contributed by atoms with Crippen molar-refractivity contribution in [1.82, 2.24) is 9.22 Å². The predicted molar refractivity (Wildman–Crippen MR) is 154 cm³/mol. The third-order valence-electron chi connectivity index (χ3n) is 6.50. The highest BCUT2D eigenvalue weighted by Gasteiger charge is 2.47. The van der Waals surface area contributed by atoms with Gasteiger partial charge in [0.05, 0.1) is 6.33 Å². The van der Waals surface area contributed by atoms with E-state index in [1.165, 1.54) is 15.6 Å². The summed E-state index contributed by atoms with van der Waals surface area (Å²) in [6, 6.07) is 43.8. The van der Waals surface area contributed by atoms with Crippen molar-refractivity contribution in [2.45, 2.75) is 19.6 Å². The predicted octanol–water partition coefficient (Wildman–Crippen LogP) is 5.37. The van der Waals surface area contributed by atoms with Crippen molar-refractivity contribution in [3.05, 3.63) is 134 Å². The van der Waals surface area contributed by atoms with Crippen molar-refractivity contribution in [3.63, 3.8) is 0 Å². The van der Waals surface area contributed by atoms with Crippen LogP contribution in [0, 0.1) is 0 Å². The molecule has 0 aliphatic rings. The molecule has 0 aliphatic carbocycles. The fourth-order valence-electron chi connectivity index (χ4n) is 4.79. The van der Waals surface area contributed by atoms with Crippen LogP contribution in [0.4, 0.5) is 11.5 Å². The summed E-state index contributed by atoms with van der Waals surface area (Å²) in [5.74, 6) is 0.988. The topological polar surface area (TPSA) is 21.1 Å². The Bertz CT molecular complexity index is 1270. The maximum Gasteiger partial charge on any atom is 0.259 e. The molecule has 0 unspecified atom stereocenters. The summed E-state index contributed by atoms with van der Waals surface area (Å²) >= 11 is 0. The SMILES string of the molecule is C[Si](C)(C)n1cnc(N(c2ccccc2)[Si](c2ccccc2)(c2ccccc2)c2ccccc2)c1.